The molecular formula is C16H25N3O2. The van der Waals surface area contributed by atoms with E-state index in [1.807, 2.05) is 25.3 Å². The Balaban J connectivity index is 1.86. The van der Waals surface area contributed by atoms with E-state index < -0.39 is 6.10 Å². The lowest BCUT2D eigenvalue weighted by molar-refractivity contribution is -0.119. The Kier molecular flexibility index (Phi) is 5.56. The van der Waals surface area contributed by atoms with Crippen LogP contribution in [0, 0.1) is 5.92 Å². The van der Waals surface area contributed by atoms with E-state index in [1.54, 1.807) is 6.92 Å². The Morgan fingerprint density at radius 1 is 1.48 bits per heavy atom. The zero-order valence-electron chi connectivity index (χ0n) is 12.9. The van der Waals surface area contributed by atoms with Crippen LogP contribution in [0.3, 0.4) is 0 Å². The second kappa shape index (κ2) is 7.41. The first kappa shape index (κ1) is 15.8. The number of hydrogen-bond donors (Lipinski definition) is 2. The van der Waals surface area contributed by atoms with Crippen LogP contribution in [0.2, 0.25) is 0 Å². The number of anilines is 1. The van der Waals surface area contributed by atoms with Gasteiger partial charge in [-0.15, -0.1) is 0 Å². The number of carbonyl (C=O) groups excluding carboxylic acids is 1. The van der Waals surface area contributed by atoms with E-state index in [-0.39, 0.29) is 5.91 Å². The highest BCUT2D eigenvalue weighted by molar-refractivity contribution is 5.72. The number of pyridine rings is 1. The molecule has 116 valence electrons. The molecule has 1 aliphatic heterocycles. The molecule has 0 bridgehead atoms. The van der Waals surface area contributed by atoms with Gasteiger partial charge in [0.05, 0.1) is 23.7 Å². The molecule has 2 N–H and O–H groups in total. The first-order valence-electron chi connectivity index (χ1n) is 7.73. The maximum Gasteiger partial charge on any atom is 0.216 e. The van der Waals surface area contributed by atoms with Gasteiger partial charge in [-0.1, -0.05) is 6.92 Å². The van der Waals surface area contributed by atoms with Gasteiger partial charge in [0, 0.05) is 26.6 Å². The van der Waals surface area contributed by atoms with Crippen LogP contribution in [0.25, 0.3) is 0 Å². The second-order valence-electron chi connectivity index (χ2n) is 5.73. The van der Waals surface area contributed by atoms with Crippen molar-refractivity contribution in [3.05, 3.63) is 24.0 Å². The monoisotopic (exact) mass is 291 g/mol. The maximum atomic E-state index is 10.9. The highest BCUT2D eigenvalue weighted by Crippen LogP contribution is 2.23. The lowest BCUT2D eigenvalue weighted by Crippen LogP contribution is -2.38. The summed E-state index contributed by atoms with van der Waals surface area (Å²) in [4.78, 5) is 17.6. The largest absolute Gasteiger partial charge is 0.387 e. The second-order valence-corrected chi connectivity index (χ2v) is 5.73. The summed E-state index contributed by atoms with van der Waals surface area (Å²) < 4.78 is 0. The van der Waals surface area contributed by atoms with Crippen LogP contribution in [0.4, 0.5) is 5.69 Å². The van der Waals surface area contributed by atoms with E-state index in [0.717, 1.165) is 43.9 Å². The van der Waals surface area contributed by atoms with Gasteiger partial charge in [0.25, 0.3) is 0 Å². The number of aliphatic hydroxyl groups is 1. The summed E-state index contributed by atoms with van der Waals surface area (Å²) in [6.07, 6.45) is 4.23. The fourth-order valence-corrected chi connectivity index (χ4v) is 2.67. The summed E-state index contributed by atoms with van der Waals surface area (Å²) in [6, 6.07) is 3.95. The molecule has 0 saturated carbocycles. The first-order valence-corrected chi connectivity index (χ1v) is 7.73. The van der Waals surface area contributed by atoms with Crippen molar-refractivity contribution >= 4 is 11.6 Å². The summed E-state index contributed by atoms with van der Waals surface area (Å²) in [5, 5.41) is 12.7. The number of piperidine rings is 1. The van der Waals surface area contributed by atoms with Crippen molar-refractivity contribution in [2.24, 2.45) is 5.92 Å². The normalized spacial score (nSPS) is 17.6. The molecule has 1 aromatic rings. The molecule has 1 saturated heterocycles. The van der Waals surface area contributed by atoms with Crippen LogP contribution >= 0.6 is 0 Å². The Morgan fingerprint density at radius 2 is 2.19 bits per heavy atom. The van der Waals surface area contributed by atoms with Gasteiger partial charge >= 0.3 is 0 Å². The van der Waals surface area contributed by atoms with Crippen LogP contribution in [-0.4, -0.2) is 35.6 Å². The summed E-state index contributed by atoms with van der Waals surface area (Å²) in [5.74, 6) is 0.617. The molecule has 5 nitrogen and oxygen atoms in total. The molecule has 1 aliphatic rings. The SMILES string of the molecule is CCC(O)c1ccc(N2CCC(CNC(C)=O)CC2)cn1. The van der Waals surface area contributed by atoms with E-state index in [2.05, 4.69) is 15.2 Å². The van der Waals surface area contributed by atoms with Gasteiger partial charge in [-0.2, -0.15) is 0 Å². The molecule has 1 unspecified atom stereocenters. The van der Waals surface area contributed by atoms with Crippen LogP contribution in [0.1, 0.15) is 44.9 Å². The Bertz CT molecular complexity index is 453. The zero-order chi connectivity index (χ0) is 15.2. The van der Waals surface area contributed by atoms with Crippen molar-refractivity contribution in [1.29, 1.82) is 0 Å². The van der Waals surface area contributed by atoms with Crippen LogP contribution in [0.5, 0.6) is 0 Å². The molecular weight excluding hydrogens is 266 g/mol. The molecule has 0 aliphatic carbocycles. The predicted molar refractivity (Wildman–Crippen MR) is 83.1 cm³/mol. The zero-order valence-corrected chi connectivity index (χ0v) is 12.9. The number of nitrogens with zero attached hydrogens (tertiary/aromatic N) is 2. The lowest BCUT2D eigenvalue weighted by atomic mass is 9.96. The van der Waals surface area contributed by atoms with E-state index in [1.165, 1.54) is 0 Å². The summed E-state index contributed by atoms with van der Waals surface area (Å²) >= 11 is 0. The van der Waals surface area contributed by atoms with Crippen LogP contribution in [-0.2, 0) is 4.79 Å². The molecule has 1 amide bonds. The number of aliphatic hydroxyl groups excluding tert-OH is 1. The van der Waals surface area contributed by atoms with E-state index in [9.17, 15) is 9.90 Å². The van der Waals surface area contributed by atoms with Gasteiger partial charge in [-0.3, -0.25) is 9.78 Å². The number of hydrogen-bond acceptors (Lipinski definition) is 4. The molecule has 1 aromatic heterocycles. The van der Waals surface area contributed by atoms with E-state index in [4.69, 9.17) is 0 Å². The fraction of sp³-hybridized carbons (Fsp3) is 0.625. The van der Waals surface area contributed by atoms with Crippen molar-refractivity contribution in [3.8, 4) is 0 Å². The molecule has 1 fully saturated rings. The Hall–Kier alpha value is -1.62. The number of amides is 1. The van der Waals surface area contributed by atoms with Gasteiger partial charge < -0.3 is 15.3 Å². The molecule has 5 heteroatoms. The topological polar surface area (TPSA) is 65.5 Å². The van der Waals surface area contributed by atoms with Gasteiger partial charge in [-0.25, -0.2) is 0 Å². The van der Waals surface area contributed by atoms with Crippen LogP contribution in [0.15, 0.2) is 18.3 Å². The minimum Gasteiger partial charge on any atom is -0.387 e. The minimum atomic E-state index is -0.470. The summed E-state index contributed by atoms with van der Waals surface area (Å²) in [6.45, 7) is 6.26. The molecule has 0 aromatic carbocycles. The van der Waals surface area contributed by atoms with Gasteiger partial charge in [0.2, 0.25) is 5.91 Å². The van der Waals surface area contributed by atoms with E-state index in [0.29, 0.717) is 12.3 Å². The van der Waals surface area contributed by atoms with Crippen molar-refractivity contribution in [2.45, 2.75) is 39.2 Å². The predicted octanol–water partition coefficient (Wildman–Crippen LogP) is 1.88. The van der Waals surface area contributed by atoms with E-state index >= 15 is 0 Å². The summed E-state index contributed by atoms with van der Waals surface area (Å²) in [5.41, 5.74) is 1.85. The van der Waals surface area contributed by atoms with Gasteiger partial charge in [0.1, 0.15) is 0 Å². The molecule has 0 radical (unpaired) electrons. The standard InChI is InChI=1S/C16H25N3O2/c1-3-16(21)15-5-4-14(11-18-15)19-8-6-13(7-9-19)10-17-12(2)20/h4-5,11,13,16,21H,3,6-10H2,1-2H3,(H,17,20). The van der Waals surface area contributed by atoms with Crippen molar-refractivity contribution in [2.75, 3.05) is 24.5 Å². The Labute approximate surface area is 126 Å². The van der Waals surface area contributed by atoms with Crippen LogP contribution < -0.4 is 10.2 Å². The number of carbonyl (C=O) groups is 1. The van der Waals surface area contributed by atoms with Gasteiger partial charge in [-0.05, 0) is 37.3 Å². The summed E-state index contributed by atoms with van der Waals surface area (Å²) in [7, 11) is 0. The number of aromatic nitrogens is 1. The smallest absolute Gasteiger partial charge is 0.216 e. The molecule has 21 heavy (non-hydrogen) atoms. The number of rotatable bonds is 5. The quantitative estimate of drug-likeness (QED) is 0.869. The van der Waals surface area contributed by atoms with Crippen molar-refractivity contribution < 1.29 is 9.90 Å². The third-order valence-corrected chi connectivity index (χ3v) is 4.12. The third-order valence-electron chi connectivity index (χ3n) is 4.12. The molecule has 0 spiro atoms. The first-order chi connectivity index (χ1) is 10.1. The third kappa shape index (κ3) is 4.43. The fourth-order valence-electron chi connectivity index (χ4n) is 2.67. The number of nitrogens with one attached hydrogen (secondary N) is 1. The maximum absolute atomic E-state index is 10.9. The lowest BCUT2D eigenvalue weighted by Gasteiger charge is -2.33. The molecule has 1 atom stereocenters. The van der Waals surface area contributed by atoms with Crippen molar-refractivity contribution in [1.82, 2.24) is 10.3 Å². The average Bonchev–Trinajstić information content (AvgIpc) is 2.53. The minimum absolute atomic E-state index is 0.0479. The highest BCUT2D eigenvalue weighted by Gasteiger charge is 2.20. The van der Waals surface area contributed by atoms with Crippen molar-refractivity contribution in [3.63, 3.8) is 0 Å². The molecule has 2 heterocycles. The molecule has 2 rings (SSSR count). The Morgan fingerprint density at radius 3 is 2.71 bits per heavy atom. The average molecular weight is 291 g/mol. The highest BCUT2D eigenvalue weighted by atomic mass is 16.3. The van der Waals surface area contributed by atoms with Gasteiger partial charge in [0.15, 0.2) is 0 Å².